The third-order valence-electron chi connectivity index (χ3n) is 5.50. The monoisotopic (exact) mass is 468 g/mol. The second kappa shape index (κ2) is 15.9. The van der Waals surface area contributed by atoms with Crippen LogP contribution in [0.15, 0.2) is 69.7 Å². The van der Waals surface area contributed by atoms with Gasteiger partial charge in [0.25, 0.3) is 0 Å². The second-order valence-electron chi connectivity index (χ2n) is 7.81. The molecule has 0 bridgehead atoms. The van der Waals surface area contributed by atoms with E-state index in [0.29, 0.717) is 22.8 Å². The summed E-state index contributed by atoms with van der Waals surface area (Å²) in [6, 6.07) is 8.23. The maximum Gasteiger partial charge on any atom is 0.104 e. The van der Waals surface area contributed by atoms with E-state index < -0.39 is 0 Å². The molecule has 2 fully saturated rings. The Kier molecular flexibility index (Phi) is 12.4. The minimum Gasteiger partial charge on any atom is -0.411 e. The smallest absolute Gasteiger partial charge is 0.104 e. The van der Waals surface area contributed by atoms with Crippen molar-refractivity contribution in [2.75, 3.05) is 0 Å². The van der Waals surface area contributed by atoms with Crippen LogP contribution in [0.25, 0.3) is 0 Å². The lowest BCUT2D eigenvalue weighted by atomic mass is 9.97. The largest absolute Gasteiger partial charge is 0.411 e. The predicted molar refractivity (Wildman–Crippen MR) is 130 cm³/mol. The first-order chi connectivity index (χ1) is 16.7. The third-order valence-corrected chi connectivity index (χ3v) is 5.50. The molecule has 10 nitrogen and oxygen atoms in total. The summed E-state index contributed by atoms with van der Waals surface area (Å²) in [5.74, 6) is 0. The van der Waals surface area contributed by atoms with Gasteiger partial charge in [0, 0.05) is 24.8 Å². The molecule has 2 aliphatic carbocycles. The highest BCUT2D eigenvalue weighted by molar-refractivity contribution is 6.42. The molecule has 0 atom stereocenters. The Balaban J connectivity index is 0.000000185. The molecule has 10 heteroatoms. The third kappa shape index (κ3) is 9.35. The van der Waals surface area contributed by atoms with Gasteiger partial charge in [-0.2, -0.15) is 0 Å². The Hall–Kier alpha value is -3.82. The lowest BCUT2D eigenvalue weighted by Gasteiger charge is -2.11. The average molecular weight is 469 g/mol. The summed E-state index contributed by atoms with van der Waals surface area (Å²) >= 11 is 0. The van der Waals surface area contributed by atoms with Crippen molar-refractivity contribution in [1.82, 2.24) is 9.97 Å². The second-order valence-corrected chi connectivity index (χ2v) is 7.81. The van der Waals surface area contributed by atoms with E-state index in [1.165, 1.54) is 11.1 Å². The molecule has 0 amide bonds. The maximum atomic E-state index is 8.39. The molecule has 0 aliphatic heterocycles. The molecule has 0 unspecified atom stereocenters. The van der Waals surface area contributed by atoms with Crippen LogP contribution in [0.3, 0.4) is 0 Å². The summed E-state index contributed by atoms with van der Waals surface area (Å²) in [6.45, 7) is 0. The fourth-order valence-electron chi connectivity index (χ4n) is 3.57. The average Bonchev–Trinajstić information content (AvgIpc) is 2.93. The van der Waals surface area contributed by atoms with Gasteiger partial charge in [-0.05, 0) is 99.6 Å². The molecule has 0 spiro atoms. The molecule has 0 saturated heterocycles. The van der Waals surface area contributed by atoms with Crippen molar-refractivity contribution in [2.24, 2.45) is 20.6 Å². The Morgan fingerprint density at radius 1 is 0.500 bits per heavy atom. The van der Waals surface area contributed by atoms with E-state index in [2.05, 4.69) is 54.9 Å². The first-order valence-corrected chi connectivity index (χ1v) is 11.3. The number of aromatic nitrogens is 2. The quantitative estimate of drug-likeness (QED) is 0.378. The van der Waals surface area contributed by atoms with Crippen LogP contribution in [-0.2, 0) is 12.8 Å². The summed E-state index contributed by atoms with van der Waals surface area (Å²) in [6.07, 6.45) is 16.4. The lowest BCUT2D eigenvalue weighted by Crippen LogP contribution is -2.18. The molecule has 34 heavy (non-hydrogen) atoms. The van der Waals surface area contributed by atoms with Crippen molar-refractivity contribution in [3.8, 4) is 0 Å². The number of aryl methyl sites for hydroxylation is 2. The fourth-order valence-corrected chi connectivity index (χ4v) is 3.57. The molecular weight excluding hydrogens is 436 g/mol. The van der Waals surface area contributed by atoms with Crippen LogP contribution in [0, 0.1) is 0 Å². The van der Waals surface area contributed by atoms with Crippen molar-refractivity contribution < 1.29 is 20.8 Å². The van der Waals surface area contributed by atoms with Crippen LogP contribution in [0.5, 0.6) is 0 Å². The van der Waals surface area contributed by atoms with E-state index in [0.717, 1.165) is 64.2 Å². The van der Waals surface area contributed by atoms with Gasteiger partial charge < -0.3 is 20.8 Å². The molecule has 2 saturated carbocycles. The van der Waals surface area contributed by atoms with Crippen LogP contribution in [0.1, 0.15) is 62.5 Å². The molecule has 4 N–H and O–H groups in total. The topological polar surface area (TPSA) is 156 Å². The fraction of sp³-hybridized carbons (Fsp3) is 0.417. The molecular formula is C24H32N6O4. The Morgan fingerprint density at radius 2 is 0.765 bits per heavy atom. The zero-order valence-electron chi connectivity index (χ0n) is 19.2. The van der Waals surface area contributed by atoms with Crippen molar-refractivity contribution in [3.05, 3.63) is 60.2 Å². The van der Waals surface area contributed by atoms with E-state index in [4.69, 9.17) is 20.8 Å². The summed E-state index contributed by atoms with van der Waals surface area (Å²) in [5, 5.41) is 45.7. The first kappa shape index (κ1) is 26.4. The first-order valence-electron chi connectivity index (χ1n) is 11.3. The SMILES string of the molecule is O/N=C1\CCCC\C1=N/O.O/N=C1\CCCC\C1=N/O.c1cc(CCc2ccncc2)ccn1. The molecule has 2 heterocycles. The molecule has 0 radical (unpaired) electrons. The van der Waals surface area contributed by atoms with Crippen molar-refractivity contribution in [3.63, 3.8) is 0 Å². The van der Waals surface area contributed by atoms with Gasteiger partial charge in [0.05, 0.1) is 0 Å². The summed E-state index contributed by atoms with van der Waals surface area (Å²) in [4.78, 5) is 7.98. The molecule has 2 aromatic rings. The number of oxime groups is 4. The lowest BCUT2D eigenvalue weighted by molar-refractivity contribution is 0.310. The zero-order chi connectivity index (χ0) is 24.4. The number of pyridine rings is 2. The predicted octanol–water partition coefficient (Wildman–Crippen LogP) is 4.70. The Labute approximate surface area is 199 Å². The van der Waals surface area contributed by atoms with E-state index >= 15 is 0 Å². The Morgan fingerprint density at radius 3 is 1.00 bits per heavy atom. The minimum absolute atomic E-state index is 0.522. The van der Waals surface area contributed by atoms with Gasteiger partial charge in [0.15, 0.2) is 0 Å². The van der Waals surface area contributed by atoms with Gasteiger partial charge in [0.1, 0.15) is 22.8 Å². The van der Waals surface area contributed by atoms with Crippen LogP contribution >= 0.6 is 0 Å². The Bertz CT molecular complexity index is 842. The van der Waals surface area contributed by atoms with Gasteiger partial charge in [0.2, 0.25) is 0 Å². The molecule has 4 rings (SSSR count). The molecule has 0 aromatic carbocycles. The number of rotatable bonds is 3. The van der Waals surface area contributed by atoms with Gasteiger partial charge in [-0.15, -0.1) is 0 Å². The molecule has 182 valence electrons. The normalized spacial score (nSPS) is 20.4. The highest BCUT2D eigenvalue weighted by atomic mass is 16.4. The maximum absolute atomic E-state index is 8.39. The number of hydrogen-bond acceptors (Lipinski definition) is 10. The van der Waals surface area contributed by atoms with E-state index in [1.54, 1.807) is 0 Å². The van der Waals surface area contributed by atoms with Gasteiger partial charge >= 0.3 is 0 Å². The van der Waals surface area contributed by atoms with Crippen molar-refractivity contribution >= 4 is 22.8 Å². The zero-order valence-corrected chi connectivity index (χ0v) is 19.2. The highest BCUT2D eigenvalue weighted by Gasteiger charge is 2.16. The van der Waals surface area contributed by atoms with E-state index in [-0.39, 0.29) is 0 Å². The highest BCUT2D eigenvalue weighted by Crippen LogP contribution is 2.13. The van der Waals surface area contributed by atoms with Crippen molar-refractivity contribution in [1.29, 1.82) is 0 Å². The minimum atomic E-state index is 0.522. The standard InChI is InChI=1S/C12H12N2.2C6H10N2O2/c1(11-3-7-13-8-4-11)2-12-5-9-14-10-6-12;2*9-7-5-3-1-2-4-6(5)8-10/h3-10H,1-2H2;2*9-10H,1-4H2/b;2*7-5+,8-6+. The summed E-state index contributed by atoms with van der Waals surface area (Å²) in [7, 11) is 0. The van der Waals surface area contributed by atoms with Crippen LogP contribution in [-0.4, -0.2) is 53.6 Å². The van der Waals surface area contributed by atoms with Gasteiger partial charge in [-0.1, -0.05) is 20.6 Å². The van der Waals surface area contributed by atoms with Crippen LogP contribution in [0.4, 0.5) is 0 Å². The number of hydrogen-bond donors (Lipinski definition) is 4. The number of nitrogens with zero attached hydrogens (tertiary/aromatic N) is 6. The molecule has 2 aliphatic rings. The van der Waals surface area contributed by atoms with E-state index in [9.17, 15) is 0 Å². The summed E-state index contributed by atoms with van der Waals surface area (Å²) < 4.78 is 0. The van der Waals surface area contributed by atoms with E-state index in [1.807, 2.05) is 24.8 Å². The van der Waals surface area contributed by atoms with Gasteiger partial charge in [-0.25, -0.2) is 0 Å². The molecule has 2 aromatic heterocycles. The van der Waals surface area contributed by atoms with Crippen molar-refractivity contribution in [2.45, 2.75) is 64.2 Å². The van der Waals surface area contributed by atoms with Crippen LogP contribution < -0.4 is 0 Å². The van der Waals surface area contributed by atoms with Gasteiger partial charge in [-0.3, -0.25) is 9.97 Å². The summed E-state index contributed by atoms with van der Waals surface area (Å²) in [5.41, 5.74) is 4.75. The van der Waals surface area contributed by atoms with Crippen LogP contribution in [0.2, 0.25) is 0 Å².